The molecule has 0 aliphatic heterocycles. The molecule has 1 N–H and O–H groups in total. The van der Waals surface area contributed by atoms with E-state index in [0.29, 0.717) is 0 Å². The maximum atomic E-state index is 13.0. The average molecular weight is 197 g/mol. The van der Waals surface area contributed by atoms with Gasteiger partial charge in [-0.15, -0.1) is 0 Å². The number of hydrogen-bond donors (Lipinski definition) is 1. The highest BCUT2D eigenvalue weighted by Gasteiger charge is 2.17. The number of nitrogens with zero attached hydrogens (tertiary/aromatic N) is 1. The Balaban J connectivity index is 3.26. The van der Waals surface area contributed by atoms with Gasteiger partial charge in [-0.1, -0.05) is 0 Å². The number of nitriles is 1. The van der Waals surface area contributed by atoms with Crippen molar-refractivity contribution < 1.29 is 18.7 Å². The molecule has 1 aromatic rings. The summed E-state index contributed by atoms with van der Waals surface area (Å²) in [5.74, 6) is -3.99. The van der Waals surface area contributed by atoms with Crippen molar-refractivity contribution in [3.05, 3.63) is 34.9 Å². The van der Waals surface area contributed by atoms with Crippen molar-refractivity contribution in [1.82, 2.24) is 0 Å². The quantitative estimate of drug-likeness (QED) is 0.785. The summed E-state index contributed by atoms with van der Waals surface area (Å²) in [6.07, 6.45) is -0.159. The Morgan fingerprint density at radius 3 is 2.29 bits per heavy atom. The van der Waals surface area contributed by atoms with Crippen molar-refractivity contribution in [2.75, 3.05) is 0 Å². The van der Waals surface area contributed by atoms with Crippen LogP contribution in [0.1, 0.15) is 15.9 Å². The van der Waals surface area contributed by atoms with Crippen LogP contribution in [0.2, 0.25) is 0 Å². The minimum Gasteiger partial charge on any atom is -0.477 e. The summed E-state index contributed by atoms with van der Waals surface area (Å²) in [6.45, 7) is 0. The fraction of sp³-hybridized carbons (Fsp3) is 0.111. The molecule has 0 saturated heterocycles. The van der Waals surface area contributed by atoms with Crippen molar-refractivity contribution >= 4 is 5.97 Å². The molecule has 1 aromatic carbocycles. The number of carboxylic acid groups (broad SMARTS) is 1. The van der Waals surface area contributed by atoms with E-state index in [0.717, 1.165) is 12.1 Å². The van der Waals surface area contributed by atoms with E-state index in [4.69, 9.17) is 10.4 Å². The summed E-state index contributed by atoms with van der Waals surface area (Å²) in [5, 5.41) is 16.7. The molecule has 1 rings (SSSR count). The molecular weight excluding hydrogens is 192 g/mol. The van der Waals surface area contributed by atoms with Crippen LogP contribution in [-0.2, 0) is 6.42 Å². The second-order valence-electron chi connectivity index (χ2n) is 2.57. The highest BCUT2D eigenvalue weighted by atomic mass is 19.1. The predicted molar refractivity (Wildman–Crippen MR) is 42.6 cm³/mol. The molecule has 0 aliphatic rings. The monoisotopic (exact) mass is 197 g/mol. The molecule has 0 unspecified atom stereocenters. The van der Waals surface area contributed by atoms with E-state index in [1.807, 2.05) is 0 Å². The Morgan fingerprint density at radius 2 is 1.93 bits per heavy atom. The second-order valence-corrected chi connectivity index (χ2v) is 2.57. The number of carbonyl (C=O) groups is 1. The third-order valence-electron chi connectivity index (χ3n) is 1.60. The van der Waals surface area contributed by atoms with Gasteiger partial charge >= 0.3 is 5.97 Å². The van der Waals surface area contributed by atoms with E-state index >= 15 is 0 Å². The molecule has 0 aliphatic carbocycles. The molecule has 14 heavy (non-hydrogen) atoms. The van der Waals surface area contributed by atoms with E-state index in [-0.39, 0.29) is 12.0 Å². The van der Waals surface area contributed by atoms with Crippen molar-refractivity contribution in [3.63, 3.8) is 0 Å². The topological polar surface area (TPSA) is 61.1 Å². The average Bonchev–Trinajstić information content (AvgIpc) is 2.01. The maximum Gasteiger partial charge on any atom is 0.341 e. The van der Waals surface area contributed by atoms with Crippen LogP contribution < -0.4 is 0 Å². The van der Waals surface area contributed by atoms with Gasteiger partial charge in [-0.25, -0.2) is 13.6 Å². The van der Waals surface area contributed by atoms with Gasteiger partial charge in [0.15, 0.2) is 0 Å². The first-order chi connectivity index (χ1) is 6.56. The zero-order valence-corrected chi connectivity index (χ0v) is 6.92. The Hall–Kier alpha value is -1.96. The molecule has 0 spiro atoms. The first kappa shape index (κ1) is 10.1. The summed E-state index contributed by atoms with van der Waals surface area (Å²) in [6, 6.07) is 3.39. The van der Waals surface area contributed by atoms with Crippen molar-refractivity contribution in [2.24, 2.45) is 0 Å². The van der Waals surface area contributed by atoms with E-state index in [2.05, 4.69) is 0 Å². The van der Waals surface area contributed by atoms with Crippen molar-refractivity contribution in [1.29, 1.82) is 5.26 Å². The van der Waals surface area contributed by atoms with Crippen LogP contribution in [0.15, 0.2) is 12.1 Å². The lowest BCUT2D eigenvalue weighted by Crippen LogP contribution is -2.05. The fourth-order valence-electron chi connectivity index (χ4n) is 1.02. The van der Waals surface area contributed by atoms with Crippen LogP contribution in [-0.4, -0.2) is 11.1 Å². The molecule has 0 bridgehead atoms. The number of carboxylic acids is 1. The number of rotatable bonds is 2. The van der Waals surface area contributed by atoms with E-state index in [1.54, 1.807) is 6.07 Å². The van der Waals surface area contributed by atoms with Gasteiger partial charge in [0.2, 0.25) is 0 Å². The first-order valence-corrected chi connectivity index (χ1v) is 3.64. The SMILES string of the molecule is N#CCc1cc(F)c(C(=O)O)c(F)c1. The number of halogens is 2. The van der Waals surface area contributed by atoms with Gasteiger partial charge in [0.05, 0.1) is 12.5 Å². The number of aromatic carboxylic acids is 1. The molecule has 5 heteroatoms. The molecule has 72 valence electrons. The molecule has 0 aromatic heterocycles. The van der Waals surface area contributed by atoms with Crippen molar-refractivity contribution in [3.8, 4) is 6.07 Å². The van der Waals surface area contributed by atoms with Gasteiger partial charge in [0.1, 0.15) is 17.2 Å². The lowest BCUT2D eigenvalue weighted by Gasteiger charge is -2.01. The van der Waals surface area contributed by atoms with Gasteiger partial charge in [-0.2, -0.15) is 5.26 Å². The molecule has 0 fully saturated rings. The lowest BCUT2D eigenvalue weighted by molar-refractivity contribution is 0.0686. The van der Waals surface area contributed by atoms with Crippen molar-refractivity contribution in [2.45, 2.75) is 6.42 Å². The van der Waals surface area contributed by atoms with Crippen LogP contribution in [0.25, 0.3) is 0 Å². The Kier molecular flexibility index (Phi) is 2.77. The second kappa shape index (κ2) is 3.83. The van der Waals surface area contributed by atoms with E-state index in [1.165, 1.54) is 0 Å². The van der Waals surface area contributed by atoms with Gasteiger partial charge in [0.25, 0.3) is 0 Å². The summed E-state index contributed by atoms with van der Waals surface area (Å²) in [7, 11) is 0. The highest BCUT2D eigenvalue weighted by molar-refractivity contribution is 5.88. The molecular formula is C9H5F2NO2. The summed E-state index contributed by atoms with van der Waals surface area (Å²) in [5.41, 5.74) is -0.876. The first-order valence-electron chi connectivity index (χ1n) is 3.64. The van der Waals surface area contributed by atoms with Crippen LogP contribution in [0.3, 0.4) is 0 Å². The third-order valence-corrected chi connectivity index (χ3v) is 1.60. The zero-order chi connectivity index (χ0) is 10.7. The van der Waals surface area contributed by atoms with E-state index < -0.39 is 23.2 Å². The van der Waals surface area contributed by atoms with Gasteiger partial charge in [-0.05, 0) is 17.7 Å². The summed E-state index contributed by atoms with van der Waals surface area (Å²) < 4.78 is 25.9. The van der Waals surface area contributed by atoms with Crippen LogP contribution in [0.4, 0.5) is 8.78 Å². The number of benzene rings is 1. The largest absolute Gasteiger partial charge is 0.477 e. The molecule has 0 atom stereocenters. The zero-order valence-electron chi connectivity index (χ0n) is 6.92. The predicted octanol–water partition coefficient (Wildman–Crippen LogP) is 1.73. The van der Waals surface area contributed by atoms with Gasteiger partial charge in [0, 0.05) is 0 Å². The summed E-state index contributed by atoms with van der Waals surface area (Å²) >= 11 is 0. The molecule has 0 saturated carbocycles. The third kappa shape index (κ3) is 1.85. The van der Waals surface area contributed by atoms with Crippen LogP contribution in [0, 0.1) is 23.0 Å². The molecule has 0 heterocycles. The van der Waals surface area contributed by atoms with Crippen LogP contribution in [0.5, 0.6) is 0 Å². The maximum absolute atomic E-state index is 13.0. The molecule has 0 amide bonds. The highest BCUT2D eigenvalue weighted by Crippen LogP contribution is 2.15. The minimum absolute atomic E-state index is 0.118. The fourth-order valence-corrected chi connectivity index (χ4v) is 1.02. The van der Waals surface area contributed by atoms with Gasteiger partial charge in [-0.3, -0.25) is 0 Å². The Labute approximate surface area is 78.2 Å². The van der Waals surface area contributed by atoms with E-state index in [9.17, 15) is 13.6 Å². The smallest absolute Gasteiger partial charge is 0.341 e. The molecule has 0 radical (unpaired) electrons. The van der Waals surface area contributed by atoms with Gasteiger partial charge < -0.3 is 5.11 Å². The Bertz CT molecular complexity index is 400. The standard InChI is InChI=1S/C9H5F2NO2/c10-6-3-5(1-2-12)4-7(11)8(6)9(13)14/h3-4H,1H2,(H,13,14). The summed E-state index contributed by atoms with van der Waals surface area (Å²) in [4.78, 5) is 10.4. The van der Waals surface area contributed by atoms with Crippen LogP contribution >= 0.6 is 0 Å². The minimum atomic E-state index is -1.66. The Morgan fingerprint density at radius 1 is 1.43 bits per heavy atom. The molecule has 3 nitrogen and oxygen atoms in total. The number of hydrogen-bond acceptors (Lipinski definition) is 2. The lowest BCUT2D eigenvalue weighted by atomic mass is 10.1. The normalized spacial score (nSPS) is 9.50.